The zero-order valence-electron chi connectivity index (χ0n) is 19.6. The van der Waals surface area contributed by atoms with Crippen LogP contribution in [0.3, 0.4) is 0 Å². The van der Waals surface area contributed by atoms with E-state index >= 15 is 0 Å². The molecule has 1 saturated heterocycles. The van der Waals surface area contributed by atoms with Gasteiger partial charge in [-0.3, -0.25) is 4.79 Å². The third kappa shape index (κ3) is 4.94. The summed E-state index contributed by atoms with van der Waals surface area (Å²) in [5.41, 5.74) is 3.55. The molecule has 178 valence electrons. The zero-order chi connectivity index (χ0) is 24.1. The maximum absolute atomic E-state index is 13.3. The van der Waals surface area contributed by atoms with Crippen molar-refractivity contribution in [2.75, 3.05) is 34.4 Å². The number of piperidine rings is 1. The quantitative estimate of drug-likeness (QED) is 0.484. The van der Waals surface area contributed by atoms with Crippen molar-refractivity contribution in [1.82, 2.24) is 14.9 Å². The summed E-state index contributed by atoms with van der Waals surface area (Å²) in [6.07, 6.45) is 5.46. The van der Waals surface area contributed by atoms with Gasteiger partial charge in [0.2, 0.25) is 11.7 Å². The van der Waals surface area contributed by atoms with Crippen LogP contribution >= 0.6 is 11.6 Å². The maximum atomic E-state index is 13.3. The number of hydrogen-bond acceptors (Lipinski definition) is 6. The molecule has 2 heterocycles. The smallest absolute Gasteiger partial charge is 0.227 e. The number of nitrogens with zero attached hydrogens (tertiary/aromatic N) is 3. The van der Waals surface area contributed by atoms with Crippen molar-refractivity contribution in [2.24, 2.45) is 0 Å². The minimum atomic E-state index is 0.0484. The Morgan fingerprint density at radius 1 is 1.09 bits per heavy atom. The van der Waals surface area contributed by atoms with Crippen molar-refractivity contribution < 1.29 is 19.0 Å². The molecular formula is C26H28ClN3O4. The standard InChI is InChI=1S/C26H28ClN3O4/c1-32-22-11-17(12-23(33-2)26(22)34-3)13-24(31)30-10-6-7-18(15-30)25-20(14-28-16-29-25)19-8-4-5-9-21(19)27/h4-5,8-9,11-12,14,16,18H,6-7,10,13,15H2,1-3H3/t18-/m0/s1. The minimum Gasteiger partial charge on any atom is -0.493 e. The van der Waals surface area contributed by atoms with Crippen LogP contribution in [0, 0.1) is 0 Å². The number of carbonyl (C=O) groups is 1. The second-order valence-electron chi connectivity index (χ2n) is 8.19. The SMILES string of the molecule is COc1cc(CC(=O)N2CCC[C@H](c3ncncc3-c3ccccc3Cl)C2)cc(OC)c1OC. The fraction of sp³-hybridized carbons (Fsp3) is 0.346. The number of rotatable bonds is 7. The molecule has 0 spiro atoms. The molecule has 1 aliphatic heterocycles. The molecule has 7 nitrogen and oxygen atoms in total. The zero-order valence-corrected chi connectivity index (χ0v) is 20.3. The van der Waals surface area contributed by atoms with Crippen molar-refractivity contribution >= 4 is 17.5 Å². The lowest BCUT2D eigenvalue weighted by Gasteiger charge is -2.33. The van der Waals surface area contributed by atoms with Gasteiger partial charge in [-0.25, -0.2) is 9.97 Å². The Hall–Kier alpha value is -3.32. The van der Waals surface area contributed by atoms with E-state index in [0.29, 0.717) is 35.4 Å². The minimum absolute atomic E-state index is 0.0484. The number of halogens is 1. The summed E-state index contributed by atoms with van der Waals surface area (Å²) < 4.78 is 16.2. The van der Waals surface area contributed by atoms with Gasteiger partial charge in [0.25, 0.3) is 0 Å². The molecule has 0 bridgehead atoms. The molecule has 3 aromatic rings. The van der Waals surface area contributed by atoms with E-state index in [9.17, 15) is 4.79 Å². The van der Waals surface area contributed by atoms with E-state index in [0.717, 1.165) is 35.2 Å². The topological polar surface area (TPSA) is 73.8 Å². The van der Waals surface area contributed by atoms with Gasteiger partial charge in [-0.2, -0.15) is 0 Å². The fourth-order valence-corrected chi connectivity index (χ4v) is 4.74. The van der Waals surface area contributed by atoms with Crippen LogP contribution in [0.4, 0.5) is 0 Å². The van der Waals surface area contributed by atoms with Crippen LogP contribution in [0.25, 0.3) is 11.1 Å². The van der Waals surface area contributed by atoms with Crippen molar-refractivity contribution in [3.63, 3.8) is 0 Å². The largest absolute Gasteiger partial charge is 0.493 e. The van der Waals surface area contributed by atoms with Gasteiger partial charge >= 0.3 is 0 Å². The highest BCUT2D eigenvalue weighted by Gasteiger charge is 2.28. The van der Waals surface area contributed by atoms with E-state index in [1.807, 2.05) is 41.3 Å². The Labute approximate surface area is 204 Å². The van der Waals surface area contributed by atoms with Crippen LogP contribution < -0.4 is 14.2 Å². The Bertz CT molecular complexity index is 1150. The van der Waals surface area contributed by atoms with E-state index in [1.54, 1.807) is 33.9 Å². The van der Waals surface area contributed by atoms with Crippen molar-refractivity contribution in [2.45, 2.75) is 25.2 Å². The molecule has 0 radical (unpaired) electrons. The van der Waals surface area contributed by atoms with Gasteiger partial charge in [0.1, 0.15) is 6.33 Å². The predicted octanol–water partition coefficient (Wildman–Crippen LogP) is 4.77. The molecule has 1 atom stereocenters. The van der Waals surface area contributed by atoms with E-state index < -0.39 is 0 Å². The number of hydrogen-bond donors (Lipinski definition) is 0. The van der Waals surface area contributed by atoms with Gasteiger partial charge in [0.05, 0.1) is 33.4 Å². The van der Waals surface area contributed by atoms with Gasteiger partial charge in [0, 0.05) is 41.4 Å². The Balaban J connectivity index is 1.55. The molecule has 34 heavy (non-hydrogen) atoms. The first kappa shape index (κ1) is 23.8. The summed E-state index contributed by atoms with van der Waals surface area (Å²) in [5, 5.41) is 0.657. The van der Waals surface area contributed by atoms with Crippen molar-refractivity contribution in [1.29, 1.82) is 0 Å². The lowest BCUT2D eigenvalue weighted by atomic mass is 9.89. The van der Waals surface area contributed by atoms with E-state index in [2.05, 4.69) is 9.97 Å². The Kier molecular flexibility index (Phi) is 7.53. The van der Waals surface area contributed by atoms with Crippen LogP contribution in [0.5, 0.6) is 17.2 Å². The van der Waals surface area contributed by atoms with Gasteiger partial charge in [-0.05, 0) is 36.6 Å². The van der Waals surface area contributed by atoms with Crippen molar-refractivity contribution in [3.05, 3.63) is 65.2 Å². The van der Waals surface area contributed by atoms with E-state index in [4.69, 9.17) is 25.8 Å². The summed E-state index contributed by atoms with van der Waals surface area (Å²) in [6, 6.07) is 11.3. The highest BCUT2D eigenvalue weighted by atomic mass is 35.5. The Morgan fingerprint density at radius 3 is 2.50 bits per heavy atom. The summed E-state index contributed by atoms with van der Waals surface area (Å²) in [5.74, 6) is 1.73. The van der Waals surface area contributed by atoms with E-state index in [-0.39, 0.29) is 18.2 Å². The number of methoxy groups -OCH3 is 3. The summed E-state index contributed by atoms with van der Waals surface area (Å²) in [6.45, 7) is 1.31. The third-order valence-corrected chi connectivity index (χ3v) is 6.48. The van der Waals surface area contributed by atoms with Gasteiger partial charge < -0.3 is 19.1 Å². The molecular weight excluding hydrogens is 454 g/mol. The van der Waals surface area contributed by atoms with Crippen LogP contribution in [0.2, 0.25) is 5.02 Å². The average Bonchev–Trinajstić information content (AvgIpc) is 2.88. The summed E-state index contributed by atoms with van der Waals surface area (Å²) in [4.78, 5) is 24.0. The Morgan fingerprint density at radius 2 is 1.82 bits per heavy atom. The average molecular weight is 482 g/mol. The first-order chi connectivity index (χ1) is 16.5. The third-order valence-electron chi connectivity index (χ3n) is 6.15. The van der Waals surface area contributed by atoms with Crippen molar-refractivity contribution in [3.8, 4) is 28.4 Å². The molecule has 1 aliphatic rings. The van der Waals surface area contributed by atoms with E-state index in [1.165, 1.54) is 0 Å². The normalized spacial score (nSPS) is 15.6. The predicted molar refractivity (Wildman–Crippen MR) is 131 cm³/mol. The van der Waals surface area contributed by atoms with Crippen LogP contribution in [-0.4, -0.2) is 55.2 Å². The summed E-state index contributed by atoms with van der Waals surface area (Å²) >= 11 is 6.46. The molecule has 0 N–H and O–H groups in total. The molecule has 8 heteroatoms. The van der Waals surface area contributed by atoms with Crippen LogP contribution in [-0.2, 0) is 11.2 Å². The van der Waals surface area contributed by atoms with Crippen LogP contribution in [0.15, 0.2) is 48.9 Å². The first-order valence-electron chi connectivity index (χ1n) is 11.2. The van der Waals surface area contributed by atoms with Gasteiger partial charge in [0.15, 0.2) is 11.5 Å². The number of aromatic nitrogens is 2. The lowest BCUT2D eigenvalue weighted by molar-refractivity contribution is -0.131. The monoisotopic (exact) mass is 481 g/mol. The molecule has 0 unspecified atom stereocenters. The fourth-order valence-electron chi connectivity index (χ4n) is 4.50. The highest BCUT2D eigenvalue weighted by Crippen LogP contribution is 2.39. The number of ether oxygens (including phenoxy) is 3. The highest BCUT2D eigenvalue weighted by molar-refractivity contribution is 6.33. The molecule has 1 fully saturated rings. The van der Waals surface area contributed by atoms with Crippen LogP contribution in [0.1, 0.15) is 30.0 Å². The molecule has 0 aliphatic carbocycles. The molecule has 0 saturated carbocycles. The molecule has 4 rings (SSSR count). The maximum Gasteiger partial charge on any atom is 0.227 e. The summed E-state index contributed by atoms with van der Waals surface area (Å²) in [7, 11) is 4.69. The van der Waals surface area contributed by atoms with Gasteiger partial charge in [-0.1, -0.05) is 29.8 Å². The molecule has 1 aromatic heterocycles. The second-order valence-corrected chi connectivity index (χ2v) is 8.60. The molecule has 1 amide bonds. The number of amides is 1. The number of benzene rings is 2. The molecule has 2 aromatic carbocycles. The second kappa shape index (κ2) is 10.7. The van der Waals surface area contributed by atoms with Gasteiger partial charge in [-0.15, -0.1) is 0 Å². The number of likely N-dealkylation sites (tertiary alicyclic amines) is 1. The first-order valence-corrected chi connectivity index (χ1v) is 11.5. The number of carbonyl (C=O) groups excluding carboxylic acids is 1. The lowest BCUT2D eigenvalue weighted by Crippen LogP contribution is -2.40.